The Morgan fingerprint density at radius 3 is 2.47 bits per heavy atom. The summed E-state index contributed by atoms with van der Waals surface area (Å²) in [6.07, 6.45) is 0. The Morgan fingerprint density at radius 2 is 1.70 bits per heavy atom. The number of para-hydroxylation sites is 2. The van der Waals surface area contributed by atoms with Crippen LogP contribution in [0.15, 0.2) is 82.4 Å². The molecule has 0 aliphatic heterocycles. The van der Waals surface area contributed by atoms with Crippen molar-refractivity contribution in [3.05, 3.63) is 111 Å². The summed E-state index contributed by atoms with van der Waals surface area (Å²) in [6, 6.07) is 18.8. The zero-order valence-electron chi connectivity index (χ0n) is 16.0. The topological polar surface area (TPSA) is 70.3 Å². The maximum absolute atomic E-state index is 13.7. The van der Waals surface area contributed by atoms with Crippen molar-refractivity contribution in [1.29, 1.82) is 0 Å². The van der Waals surface area contributed by atoms with E-state index >= 15 is 0 Å². The molecular weight excluding hydrogens is 387 g/mol. The van der Waals surface area contributed by atoms with Crippen molar-refractivity contribution in [3.63, 3.8) is 0 Å². The number of nitrogens with zero attached hydrogens (tertiary/aromatic N) is 2. The second-order valence-electron chi connectivity index (χ2n) is 6.67. The molecule has 0 bridgehead atoms. The maximum atomic E-state index is 13.7. The molecule has 150 valence electrons. The Hall–Kier alpha value is -4.00. The molecule has 6 nitrogen and oxygen atoms in total. The van der Waals surface area contributed by atoms with E-state index in [4.69, 9.17) is 4.74 Å². The molecule has 0 saturated carbocycles. The molecule has 0 fully saturated rings. The fourth-order valence-electron chi connectivity index (χ4n) is 3.46. The molecule has 0 aliphatic carbocycles. The number of esters is 1. The summed E-state index contributed by atoms with van der Waals surface area (Å²) in [5.41, 5.74) is 0.00362. The number of carbonyl (C=O) groups is 1. The number of aromatic nitrogens is 2. The molecule has 0 N–H and O–H groups in total. The predicted molar refractivity (Wildman–Crippen MR) is 111 cm³/mol. The van der Waals surface area contributed by atoms with Crippen LogP contribution in [0.3, 0.4) is 0 Å². The third-order valence-electron chi connectivity index (χ3n) is 4.83. The smallest absolute Gasteiger partial charge is 0.339 e. The van der Waals surface area contributed by atoms with Gasteiger partial charge in [-0.05, 0) is 42.0 Å². The Kier molecular flexibility index (Phi) is 5.02. The first-order valence-corrected chi connectivity index (χ1v) is 9.18. The van der Waals surface area contributed by atoms with Crippen molar-refractivity contribution >= 4 is 16.9 Å². The lowest BCUT2D eigenvalue weighted by atomic mass is 10.1. The van der Waals surface area contributed by atoms with Gasteiger partial charge in [-0.1, -0.05) is 36.4 Å². The Balaban J connectivity index is 2.05. The van der Waals surface area contributed by atoms with Crippen LogP contribution in [0.5, 0.6) is 0 Å². The molecule has 0 atom stereocenters. The van der Waals surface area contributed by atoms with E-state index in [1.807, 2.05) is 0 Å². The molecule has 30 heavy (non-hydrogen) atoms. The van der Waals surface area contributed by atoms with Gasteiger partial charge in [0.05, 0.1) is 35.8 Å². The molecule has 7 heteroatoms. The largest absolute Gasteiger partial charge is 0.465 e. The number of hydrogen-bond acceptors (Lipinski definition) is 4. The number of halogens is 1. The third-order valence-corrected chi connectivity index (χ3v) is 4.83. The van der Waals surface area contributed by atoms with Gasteiger partial charge in [-0.25, -0.2) is 18.5 Å². The average molecular weight is 404 g/mol. The van der Waals surface area contributed by atoms with E-state index in [1.165, 1.54) is 35.9 Å². The molecule has 3 aromatic carbocycles. The molecule has 0 spiro atoms. The van der Waals surface area contributed by atoms with Crippen LogP contribution in [0.1, 0.15) is 15.9 Å². The number of methoxy groups -OCH3 is 1. The summed E-state index contributed by atoms with van der Waals surface area (Å²) >= 11 is 0. The van der Waals surface area contributed by atoms with E-state index in [0.29, 0.717) is 16.5 Å². The minimum Gasteiger partial charge on any atom is -0.465 e. The SMILES string of the molecule is COC(=O)c1ccccc1-n1c(=O)c2ccccc2n(Cc2cccc(F)c2)c1=O. The van der Waals surface area contributed by atoms with Crippen molar-refractivity contribution in [2.75, 3.05) is 7.11 Å². The number of benzene rings is 3. The summed E-state index contributed by atoms with van der Waals surface area (Å²) in [7, 11) is 1.23. The molecule has 0 amide bonds. The number of carbonyl (C=O) groups excluding carboxylic acids is 1. The Morgan fingerprint density at radius 1 is 0.967 bits per heavy atom. The molecule has 4 rings (SSSR count). The van der Waals surface area contributed by atoms with Crippen molar-refractivity contribution in [2.45, 2.75) is 6.54 Å². The van der Waals surface area contributed by atoms with Gasteiger partial charge in [0.2, 0.25) is 0 Å². The first-order chi connectivity index (χ1) is 14.5. The van der Waals surface area contributed by atoms with Crippen LogP contribution >= 0.6 is 0 Å². The van der Waals surface area contributed by atoms with Gasteiger partial charge in [0.25, 0.3) is 5.56 Å². The number of ether oxygens (including phenoxy) is 1. The van der Waals surface area contributed by atoms with Crippen LogP contribution < -0.4 is 11.2 Å². The zero-order valence-corrected chi connectivity index (χ0v) is 16.0. The first kappa shape index (κ1) is 19.3. The van der Waals surface area contributed by atoms with Crippen LogP contribution in [0.2, 0.25) is 0 Å². The fraction of sp³-hybridized carbons (Fsp3) is 0.0870. The normalized spacial score (nSPS) is 10.9. The number of rotatable bonds is 4. The first-order valence-electron chi connectivity index (χ1n) is 9.18. The molecule has 1 aromatic heterocycles. The van der Waals surface area contributed by atoms with Crippen LogP contribution in [0.25, 0.3) is 16.6 Å². The van der Waals surface area contributed by atoms with Gasteiger partial charge in [0.15, 0.2) is 0 Å². The third kappa shape index (κ3) is 3.30. The van der Waals surface area contributed by atoms with Gasteiger partial charge >= 0.3 is 11.7 Å². The molecular formula is C23H17FN2O4. The maximum Gasteiger partial charge on any atom is 0.339 e. The summed E-state index contributed by atoms with van der Waals surface area (Å²) in [6.45, 7) is 0.0534. The highest BCUT2D eigenvalue weighted by molar-refractivity contribution is 5.93. The minimum atomic E-state index is -0.665. The van der Waals surface area contributed by atoms with Gasteiger partial charge in [0.1, 0.15) is 5.82 Å². The van der Waals surface area contributed by atoms with Crippen LogP contribution in [0.4, 0.5) is 4.39 Å². The van der Waals surface area contributed by atoms with Crippen molar-refractivity contribution < 1.29 is 13.9 Å². The lowest BCUT2D eigenvalue weighted by molar-refractivity contribution is 0.0600. The summed E-state index contributed by atoms with van der Waals surface area (Å²) in [5.74, 6) is -1.09. The number of hydrogen-bond donors (Lipinski definition) is 0. The van der Waals surface area contributed by atoms with Crippen LogP contribution in [-0.2, 0) is 11.3 Å². The van der Waals surface area contributed by atoms with Gasteiger partial charge in [-0.15, -0.1) is 0 Å². The lowest BCUT2D eigenvalue weighted by Crippen LogP contribution is -2.40. The molecule has 0 unspecified atom stereocenters. The van der Waals surface area contributed by atoms with Crippen molar-refractivity contribution in [1.82, 2.24) is 9.13 Å². The number of fused-ring (bicyclic) bond motifs is 1. The van der Waals surface area contributed by atoms with Crippen molar-refractivity contribution in [2.24, 2.45) is 0 Å². The van der Waals surface area contributed by atoms with E-state index in [2.05, 4.69) is 0 Å². The summed E-state index contributed by atoms with van der Waals surface area (Å²) in [5, 5.41) is 0.299. The van der Waals surface area contributed by atoms with Gasteiger partial charge < -0.3 is 4.74 Å². The van der Waals surface area contributed by atoms with E-state index in [9.17, 15) is 18.8 Å². The van der Waals surface area contributed by atoms with Gasteiger partial charge in [0, 0.05) is 0 Å². The van der Waals surface area contributed by atoms with E-state index < -0.39 is 23.0 Å². The standard InChI is InChI=1S/C23H17FN2O4/c1-30-22(28)18-10-3-5-12-20(18)26-21(27)17-9-2-4-11-19(17)25(23(26)29)14-15-7-6-8-16(24)13-15/h2-13H,14H2,1H3. The van der Waals surface area contributed by atoms with Crippen LogP contribution in [-0.4, -0.2) is 22.2 Å². The Labute approximate surface area is 170 Å². The molecule has 0 aliphatic rings. The summed E-state index contributed by atoms with van der Waals surface area (Å²) < 4.78 is 20.8. The van der Waals surface area contributed by atoms with E-state index in [1.54, 1.807) is 48.5 Å². The zero-order chi connectivity index (χ0) is 21.3. The molecule has 0 radical (unpaired) electrons. The predicted octanol–water partition coefficient (Wildman–Crippen LogP) is 3.13. The second-order valence-corrected chi connectivity index (χ2v) is 6.67. The van der Waals surface area contributed by atoms with Crippen LogP contribution in [0, 0.1) is 5.82 Å². The molecule has 0 saturated heterocycles. The van der Waals surface area contributed by atoms with E-state index in [0.717, 1.165) is 4.57 Å². The molecule has 4 aromatic rings. The van der Waals surface area contributed by atoms with Crippen molar-refractivity contribution in [3.8, 4) is 5.69 Å². The highest BCUT2D eigenvalue weighted by Gasteiger charge is 2.19. The lowest BCUT2D eigenvalue weighted by Gasteiger charge is -2.16. The molecule has 1 heterocycles. The van der Waals surface area contributed by atoms with E-state index in [-0.39, 0.29) is 17.8 Å². The Bertz CT molecular complexity index is 1390. The quantitative estimate of drug-likeness (QED) is 0.490. The highest BCUT2D eigenvalue weighted by Crippen LogP contribution is 2.16. The minimum absolute atomic E-state index is 0.0534. The van der Waals surface area contributed by atoms with Gasteiger partial charge in [-0.2, -0.15) is 0 Å². The fourth-order valence-corrected chi connectivity index (χ4v) is 3.46. The van der Waals surface area contributed by atoms with Gasteiger partial charge in [-0.3, -0.25) is 9.36 Å². The average Bonchev–Trinajstić information content (AvgIpc) is 2.76. The highest BCUT2D eigenvalue weighted by atomic mass is 19.1. The summed E-state index contributed by atoms with van der Waals surface area (Å²) in [4.78, 5) is 38.9. The second kappa shape index (κ2) is 7.79. The monoisotopic (exact) mass is 404 g/mol.